The Labute approximate surface area is 173 Å². The molecule has 5 heteroatoms. The van der Waals surface area contributed by atoms with Crippen molar-refractivity contribution in [2.24, 2.45) is 0 Å². The number of aryl methyl sites for hydroxylation is 2. The van der Waals surface area contributed by atoms with Crippen molar-refractivity contribution in [3.05, 3.63) is 65.5 Å². The molecule has 0 saturated carbocycles. The molecule has 0 radical (unpaired) electrons. The summed E-state index contributed by atoms with van der Waals surface area (Å²) in [7, 11) is 1.84. The fraction of sp³-hybridized carbons (Fsp3) is 0.417. The highest BCUT2D eigenvalue weighted by molar-refractivity contribution is 5.65. The summed E-state index contributed by atoms with van der Waals surface area (Å²) >= 11 is 0. The van der Waals surface area contributed by atoms with Crippen LogP contribution in [0, 0.1) is 19.7 Å². The zero-order valence-corrected chi connectivity index (χ0v) is 17.8. The van der Waals surface area contributed by atoms with Crippen molar-refractivity contribution in [2.75, 3.05) is 56.2 Å². The first-order valence-corrected chi connectivity index (χ1v) is 10.3. The van der Waals surface area contributed by atoms with Gasteiger partial charge in [0.05, 0.1) is 5.69 Å². The third kappa shape index (κ3) is 4.91. The van der Waals surface area contributed by atoms with Gasteiger partial charge in [0, 0.05) is 63.3 Å². The van der Waals surface area contributed by atoms with E-state index in [4.69, 9.17) is 5.11 Å². The lowest BCUT2D eigenvalue weighted by Crippen LogP contribution is -2.45. The molecule has 3 rings (SSSR count). The normalized spacial score (nSPS) is 14.2. The van der Waals surface area contributed by atoms with E-state index in [2.05, 4.69) is 48.4 Å². The first kappa shape index (κ1) is 21.2. The zero-order chi connectivity index (χ0) is 21.0. The van der Waals surface area contributed by atoms with E-state index in [-0.39, 0.29) is 12.4 Å². The minimum Gasteiger partial charge on any atom is -0.396 e. The van der Waals surface area contributed by atoms with Crippen LogP contribution in [-0.2, 0) is 0 Å². The van der Waals surface area contributed by atoms with Gasteiger partial charge < -0.3 is 19.8 Å². The van der Waals surface area contributed by atoms with Gasteiger partial charge in [-0.3, -0.25) is 0 Å². The number of hydrogen-bond acceptors (Lipinski definition) is 4. The summed E-state index contributed by atoms with van der Waals surface area (Å²) in [6, 6.07) is 11.9. The van der Waals surface area contributed by atoms with E-state index in [0.29, 0.717) is 18.7 Å². The van der Waals surface area contributed by atoms with Gasteiger partial charge in [-0.05, 0) is 44.0 Å². The maximum atomic E-state index is 14.6. The fourth-order valence-electron chi connectivity index (χ4n) is 3.98. The van der Waals surface area contributed by atoms with Gasteiger partial charge in [-0.15, -0.1) is 0 Å². The molecule has 0 aliphatic carbocycles. The van der Waals surface area contributed by atoms with E-state index >= 15 is 0 Å². The smallest absolute Gasteiger partial charge is 0.147 e. The number of rotatable bonds is 7. The highest BCUT2D eigenvalue weighted by Crippen LogP contribution is 2.27. The fourth-order valence-corrected chi connectivity index (χ4v) is 3.98. The molecule has 0 spiro atoms. The lowest BCUT2D eigenvalue weighted by Gasteiger charge is -2.39. The quantitative estimate of drug-likeness (QED) is 0.763. The molecule has 1 heterocycles. The summed E-state index contributed by atoms with van der Waals surface area (Å²) in [5.41, 5.74) is 6.12. The van der Waals surface area contributed by atoms with Gasteiger partial charge in [0.1, 0.15) is 5.82 Å². The van der Waals surface area contributed by atoms with Crippen LogP contribution in [0.1, 0.15) is 23.1 Å². The molecule has 29 heavy (non-hydrogen) atoms. The van der Waals surface area contributed by atoms with Gasteiger partial charge in [0.15, 0.2) is 0 Å². The van der Waals surface area contributed by atoms with Crippen molar-refractivity contribution >= 4 is 17.1 Å². The van der Waals surface area contributed by atoms with Crippen molar-refractivity contribution in [2.45, 2.75) is 20.3 Å². The summed E-state index contributed by atoms with van der Waals surface area (Å²) in [6.45, 7) is 12.8. The van der Waals surface area contributed by atoms with E-state index < -0.39 is 0 Å². The van der Waals surface area contributed by atoms with Crippen LogP contribution in [0.15, 0.2) is 43.0 Å². The first-order chi connectivity index (χ1) is 13.9. The molecule has 2 aromatic carbocycles. The van der Waals surface area contributed by atoms with Crippen molar-refractivity contribution in [1.82, 2.24) is 4.90 Å². The van der Waals surface area contributed by atoms with Crippen LogP contribution in [0.4, 0.5) is 15.8 Å². The monoisotopic (exact) mass is 397 g/mol. The van der Waals surface area contributed by atoms with E-state index in [9.17, 15) is 4.39 Å². The largest absolute Gasteiger partial charge is 0.396 e. The maximum absolute atomic E-state index is 14.6. The topological polar surface area (TPSA) is 30.0 Å². The van der Waals surface area contributed by atoms with Gasteiger partial charge >= 0.3 is 0 Å². The lowest BCUT2D eigenvalue weighted by molar-refractivity contribution is 0.290. The summed E-state index contributed by atoms with van der Waals surface area (Å²) in [5, 5.41) is 8.97. The summed E-state index contributed by atoms with van der Waals surface area (Å²) in [4.78, 5) is 6.49. The van der Waals surface area contributed by atoms with Crippen LogP contribution in [-0.4, -0.2) is 56.4 Å². The predicted molar refractivity (Wildman–Crippen MR) is 120 cm³/mol. The minimum atomic E-state index is -0.252. The number of nitrogens with zero attached hydrogens (tertiary/aromatic N) is 3. The number of benzene rings is 2. The SMILES string of the molecule is C=C(c1ccc(N(C)CCCO)c(F)c1)N1CCN(c2ccc(C)cc2C)CC1. The maximum Gasteiger partial charge on any atom is 0.147 e. The number of aliphatic hydroxyl groups excluding tert-OH is 1. The Kier molecular flexibility index (Phi) is 6.80. The van der Waals surface area contributed by atoms with Crippen molar-refractivity contribution in [1.29, 1.82) is 0 Å². The van der Waals surface area contributed by atoms with Crippen molar-refractivity contribution in [3.8, 4) is 0 Å². The number of halogens is 1. The Bertz CT molecular complexity index is 859. The molecule has 1 aliphatic rings. The molecule has 1 fully saturated rings. The standard InChI is InChI=1S/C24H32FN3O/c1-18-6-8-23(19(2)16-18)28-13-11-27(12-14-28)20(3)21-7-9-24(22(25)17-21)26(4)10-5-15-29/h6-9,16-17,29H,3,5,10-15H2,1-2,4H3. The number of aliphatic hydroxyl groups is 1. The van der Waals surface area contributed by atoms with Crippen LogP contribution in [0.3, 0.4) is 0 Å². The molecule has 4 nitrogen and oxygen atoms in total. The zero-order valence-electron chi connectivity index (χ0n) is 17.8. The second-order valence-electron chi connectivity index (χ2n) is 7.88. The van der Waals surface area contributed by atoms with Gasteiger partial charge in [-0.25, -0.2) is 4.39 Å². The van der Waals surface area contributed by atoms with Crippen molar-refractivity contribution < 1.29 is 9.50 Å². The Hall–Kier alpha value is -2.53. The highest BCUT2D eigenvalue weighted by Gasteiger charge is 2.21. The average Bonchev–Trinajstić information content (AvgIpc) is 2.71. The predicted octanol–water partition coefficient (Wildman–Crippen LogP) is 4.05. The highest BCUT2D eigenvalue weighted by atomic mass is 19.1. The molecule has 1 N–H and O–H groups in total. The van der Waals surface area contributed by atoms with Gasteiger partial charge in [-0.1, -0.05) is 30.3 Å². The van der Waals surface area contributed by atoms with Gasteiger partial charge in [0.2, 0.25) is 0 Å². The summed E-state index contributed by atoms with van der Waals surface area (Å²) in [5.74, 6) is -0.252. The van der Waals surface area contributed by atoms with E-state index in [0.717, 1.165) is 37.4 Å². The summed E-state index contributed by atoms with van der Waals surface area (Å²) in [6.07, 6.45) is 0.620. The van der Waals surface area contributed by atoms with Crippen LogP contribution in [0.5, 0.6) is 0 Å². The van der Waals surface area contributed by atoms with Gasteiger partial charge in [-0.2, -0.15) is 0 Å². The average molecular weight is 398 g/mol. The van der Waals surface area contributed by atoms with Crippen LogP contribution < -0.4 is 9.80 Å². The third-order valence-corrected chi connectivity index (χ3v) is 5.70. The Morgan fingerprint density at radius 3 is 2.45 bits per heavy atom. The molecule has 0 bridgehead atoms. The van der Waals surface area contributed by atoms with Crippen LogP contribution >= 0.6 is 0 Å². The van der Waals surface area contributed by atoms with E-state index in [1.165, 1.54) is 16.8 Å². The number of anilines is 2. The Morgan fingerprint density at radius 2 is 1.83 bits per heavy atom. The Balaban J connectivity index is 1.64. The molecule has 0 aromatic heterocycles. The molecule has 0 atom stereocenters. The van der Waals surface area contributed by atoms with Crippen LogP contribution in [0.25, 0.3) is 5.70 Å². The summed E-state index contributed by atoms with van der Waals surface area (Å²) < 4.78 is 14.6. The number of piperazine rings is 1. The molecule has 2 aromatic rings. The second kappa shape index (κ2) is 9.31. The molecular weight excluding hydrogens is 365 g/mol. The molecular formula is C24H32FN3O. The first-order valence-electron chi connectivity index (χ1n) is 10.3. The van der Waals surface area contributed by atoms with Crippen molar-refractivity contribution in [3.63, 3.8) is 0 Å². The lowest BCUT2D eigenvalue weighted by atomic mass is 10.1. The second-order valence-corrected chi connectivity index (χ2v) is 7.88. The molecule has 0 unspecified atom stereocenters. The molecule has 1 saturated heterocycles. The minimum absolute atomic E-state index is 0.106. The molecule has 156 valence electrons. The van der Waals surface area contributed by atoms with Gasteiger partial charge in [0.25, 0.3) is 0 Å². The van der Waals surface area contributed by atoms with E-state index in [1.54, 1.807) is 12.1 Å². The van der Waals surface area contributed by atoms with E-state index in [1.807, 2.05) is 18.0 Å². The third-order valence-electron chi connectivity index (χ3n) is 5.70. The Morgan fingerprint density at radius 1 is 1.10 bits per heavy atom. The molecule has 1 aliphatic heterocycles. The number of hydrogen-bond donors (Lipinski definition) is 1. The molecule has 0 amide bonds. The van der Waals surface area contributed by atoms with Crippen LogP contribution in [0.2, 0.25) is 0 Å².